The Labute approximate surface area is 97.8 Å². The number of nitrogens with zero attached hydrogens (tertiary/aromatic N) is 2. The predicted molar refractivity (Wildman–Crippen MR) is 60.3 cm³/mol. The van der Waals surface area contributed by atoms with Crippen molar-refractivity contribution in [3.8, 4) is 0 Å². The van der Waals surface area contributed by atoms with Crippen molar-refractivity contribution in [2.24, 2.45) is 5.73 Å². The smallest absolute Gasteiger partial charge is 0.252 e. The highest BCUT2D eigenvalue weighted by atomic mass is 35.5. The summed E-state index contributed by atoms with van der Waals surface area (Å²) in [6.45, 7) is 1.82. The molecule has 88 valence electrons. The summed E-state index contributed by atoms with van der Waals surface area (Å²) >= 11 is 5.61. The summed E-state index contributed by atoms with van der Waals surface area (Å²) in [5.74, 6) is -0.412. The first kappa shape index (κ1) is 12.7. The largest absolute Gasteiger partial charge is 0.394 e. The van der Waals surface area contributed by atoms with E-state index in [0.717, 1.165) is 0 Å². The number of nitrogens with one attached hydrogen (secondary N) is 1. The highest BCUT2D eigenvalue weighted by Crippen LogP contribution is 2.16. The lowest BCUT2D eigenvalue weighted by Crippen LogP contribution is -2.26. The zero-order valence-electron chi connectivity index (χ0n) is 8.77. The molecule has 7 heteroatoms. The Balaban J connectivity index is 2.98. The molecule has 0 saturated heterocycles. The summed E-state index contributed by atoms with van der Waals surface area (Å²) in [6.07, 6.45) is 0.680. The average Bonchev–Trinajstić information content (AvgIpc) is 2.27. The number of hydrogen-bond donors (Lipinski definition) is 3. The second-order valence-corrected chi connectivity index (χ2v) is 3.61. The van der Waals surface area contributed by atoms with Crippen molar-refractivity contribution < 1.29 is 9.90 Å². The van der Waals surface area contributed by atoms with Crippen LogP contribution in [0.2, 0.25) is 5.15 Å². The van der Waals surface area contributed by atoms with Crippen LogP contribution >= 0.6 is 11.6 Å². The number of aliphatic hydroxyl groups is 1. The lowest BCUT2D eigenvalue weighted by molar-refractivity contribution is 0.100. The molecule has 0 unspecified atom stereocenters. The molecule has 1 atom stereocenters. The number of carbonyl (C=O) groups is 1. The van der Waals surface area contributed by atoms with Gasteiger partial charge >= 0.3 is 0 Å². The molecule has 0 aliphatic heterocycles. The number of nitrogens with two attached hydrogens (primary N) is 1. The quantitative estimate of drug-likeness (QED) is 0.697. The van der Waals surface area contributed by atoms with E-state index in [1.54, 1.807) is 0 Å². The first-order valence-electron chi connectivity index (χ1n) is 4.78. The van der Waals surface area contributed by atoms with Gasteiger partial charge in [-0.2, -0.15) is 0 Å². The van der Waals surface area contributed by atoms with E-state index in [1.807, 2.05) is 6.92 Å². The van der Waals surface area contributed by atoms with Crippen molar-refractivity contribution in [3.63, 3.8) is 0 Å². The third kappa shape index (κ3) is 3.04. The summed E-state index contributed by atoms with van der Waals surface area (Å²) in [6, 6.07) is 1.14. The van der Waals surface area contributed by atoms with Gasteiger partial charge in [0.15, 0.2) is 11.0 Å². The number of anilines is 1. The minimum absolute atomic E-state index is 0.0704. The highest BCUT2D eigenvalue weighted by Gasteiger charge is 2.14. The normalized spacial score (nSPS) is 12.2. The molecule has 0 aliphatic rings. The molecule has 4 N–H and O–H groups in total. The minimum atomic E-state index is -0.646. The number of primary amides is 1. The highest BCUT2D eigenvalue weighted by molar-refractivity contribution is 6.29. The molecule has 1 heterocycles. The summed E-state index contributed by atoms with van der Waals surface area (Å²) < 4.78 is 0. The van der Waals surface area contributed by atoms with Gasteiger partial charge in [-0.25, -0.2) is 0 Å². The van der Waals surface area contributed by atoms with Gasteiger partial charge in [-0.1, -0.05) is 18.5 Å². The Kier molecular flexibility index (Phi) is 4.45. The van der Waals surface area contributed by atoms with Crippen LogP contribution in [0.25, 0.3) is 0 Å². The monoisotopic (exact) mass is 244 g/mol. The van der Waals surface area contributed by atoms with Crippen molar-refractivity contribution in [1.29, 1.82) is 0 Å². The van der Waals surface area contributed by atoms with E-state index in [4.69, 9.17) is 22.4 Å². The number of rotatable bonds is 5. The van der Waals surface area contributed by atoms with Crippen molar-refractivity contribution in [1.82, 2.24) is 10.2 Å². The van der Waals surface area contributed by atoms with Crippen molar-refractivity contribution >= 4 is 23.3 Å². The Hall–Kier alpha value is -1.40. The lowest BCUT2D eigenvalue weighted by Gasteiger charge is -2.15. The molecule has 0 aromatic carbocycles. The third-order valence-corrected chi connectivity index (χ3v) is 2.27. The standard InChI is InChI=1S/C9H13ClN4O2/c1-2-5(4-15)12-9-6(8(11)16)3-7(10)13-14-9/h3,5,15H,2,4H2,1H3,(H2,11,16)(H,12,14)/t5-/m0/s1. The van der Waals surface area contributed by atoms with Crippen LogP contribution < -0.4 is 11.1 Å². The number of aliphatic hydroxyl groups excluding tert-OH is 1. The molecule has 0 radical (unpaired) electrons. The molecule has 0 aliphatic carbocycles. The van der Waals surface area contributed by atoms with Crippen LogP contribution in [0.1, 0.15) is 23.7 Å². The molecule has 16 heavy (non-hydrogen) atoms. The van der Waals surface area contributed by atoms with Crippen LogP contribution in [0.3, 0.4) is 0 Å². The molecule has 6 nitrogen and oxygen atoms in total. The van der Waals surface area contributed by atoms with Gasteiger partial charge in [0.05, 0.1) is 18.2 Å². The average molecular weight is 245 g/mol. The molecule has 1 aromatic heterocycles. The van der Waals surface area contributed by atoms with Crippen molar-refractivity contribution in [3.05, 3.63) is 16.8 Å². The van der Waals surface area contributed by atoms with E-state index in [2.05, 4.69) is 15.5 Å². The van der Waals surface area contributed by atoms with E-state index in [9.17, 15) is 4.79 Å². The predicted octanol–water partition coefficient (Wildman–Crippen LogP) is 0.412. The molecule has 0 saturated carbocycles. The zero-order chi connectivity index (χ0) is 12.1. The Bertz CT molecular complexity index is 382. The Morgan fingerprint density at radius 1 is 1.69 bits per heavy atom. The Morgan fingerprint density at radius 2 is 2.38 bits per heavy atom. The zero-order valence-corrected chi connectivity index (χ0v) is 9.53. The van der Waals surface area contributed by atoms with Gasteiger partial charge < -0.3 is 16.2 Å². The second kappa shape index (κ2) is 5.62. The number of hydrogen-bond acceptors (Lipinski definition) is 5. The second-order valence-electron chi connectivity index (χ2n) is 3.23. The van der Waals surface area contributed by atoms with Crippen LogP contribution in [0, 0.1) is 0 Å². The topological polar surface area (TPSA) is 101 Å². The molecule has 0 spiro atoms. The fourth-order valence-corrected chi connectivity index (χ4v) is 1.28. The summed E-state index contributed by atoms with van der Waals surface area (Å²) in [7, 11) is 0. The number of halogens is 1. The van der Waals surface area contributed by atoms with Crippen LogP contribution in [-0.2, 0) is 0 Å². The maximum absolute atomic E-state index is 11.1. The Morgan fingerprint density at radius 3 is 2.88 bits per heavy atom. The van der Waals surface area contributed by atoms with E-state index in [0.29, 0.717) is 6.42 Å². The fourth-order valence-electron chi connectivity index (χ4n) is 1.13. The number of amides is 1. The summed E-state index contributed by atoms with van der Waals surface area (Å²) in [5.41, 5.74) is 5.33. The van der Waals surface area contributed by atoms with Gasteiger partial charge in [0.2, 0.25) is 0 Å². The van der Waals surface area contributed by atoms with Gasteiger partial charge in [-0.15, -0.1) is 10.2 Å². The maximum Gasteiger partial charge on any atom is 0.252 e. The van der Waals surface area contributed by atoms with Gasteiger partial charge in [0, 0.05) is 0 Å². The maximum atomic E-state index is 11.1. The van der Waals surface area contributed by atoms with Crippen LogP contribution in [0.5, 0.6) is 0 Å². The first-order valence-corrected chi connectivity index (χ1v) is 5.16. The van der Waals surface area contributed by atoms with Gasteiger partial charge in [0.25, 0.3) is 5.91 Å². The number of aromatic nitrogens is 2. The van der Waals surface area contributed by atoms with Crippen molar-refractivity contribution in [2.75, 3.05) is 11.9 Å². The minimum Gasteiger partial charge on any atom is -0.394 e. The van der Waals surface area contributed by atoms with Gasteiger partial charge in [-0.3, -0.25) is 4.79 Å². The van der Waals surface area contributed by atoms with E-state index >= 15 is 0 Å². The molecule has 1 aromatic rings. The van der Waals surface area contributed by atoms with E-state index in [1.165, 1.54) is 6.07 Å². The van der Waals surface area contributed by atoms with Gasteiger partial charge in [0.1, 0.15) is 0 Å². The number of carbonyl (C=O) groups excluding carboxylic acids is 1. The summed E-state index contributed by atoms with van der Waals surface area (Å²) in [4.78, 5) is 11.1. The van der Waals surface area contributed by atoms with Crippen molar-refractivity contribution in [2.45, 2.75) is 19.4 Å². The van der Waals surface area contributed by atoms with Crippen LogP contribution in [-0.4, -0.2) is 33.9 Å². The molecule has 0 fully saturated rings. The summed E-state index contributed by atoms with van der Waals surface area (Å²) in [5, 5.41) is 19.3. The van der Waals surface area contributed by atoms with Gasteiger partial charge in [-0.05, 0) is 12.5 Å². The molecular formula is C9H13ClN4O2. The third-order valence-electron chi connectivity index (χ3n) is 2.08. The lowest BCUT2D eigenvalue weighted by atomic mass is 10.2. The van der Waals surface area contributed by atoms with E-state index in [-0.39, 0.29) is 29.2 Å². The molecule has 0 bridgehead atoms. The fraction of sp³-hybridized carbons (Fsp3) is 0.444. The van der Waals surface area contributed by atoms with E-state index < -0.39 is 5.91 Å². The van der Waals surface area contributed by atoms with Crippen LogP contribution in [0.15, 0.2) is 6.07 Å². The van der Waals surface area contributed by atoms with Crippen LogP contribution in [0.4, 0.5) is 5.82 Å². The molecule has 1 amide bonds. The molecule has 1 rings (SSSR count). The first-order chi connectivity index (χ1) is 7.58. The SMILES string of the molecule is CC[C@@H](CO)Nc1nnc(Cl)cc1C(N)=O. The molecular weight excluding hydrogens is 232 g/mol.